The summed E-state index contributed by atoms with van der Waals surface area (Å²) < 4.78 is 5.00. The van der Waals surface area contributed by atoms with Crippen molar-refractivity contribution < 1.29 is 14.3 Å². The van der Waals surface area contributed by atoms with Gasteiger partial charge < -0.3 is 26.0 Å². The molecule has 2 heterocycles. The molecule has 2 fully saturated rings. The van der Waals surface area contributed by atoms with Crippen molar-refractivity contribution in [2.45, 2.75) is 26.2 Å². The van der Waals surface area contributed by atoms with Crippen molar-refractivity contribution in [3.63, 3.8) is 0 Å². The quantitative estimate of drug-likeness (QED) is 0.466. The summed E-state index contributed by atoms with van der Waals surface area (Å²) in [6.45, 7) is 8.01. The van der Waals surface area contributed by atoms with E-state index in [0.717, 1.165) is 57.8 Å². The number of nitrogens with zero attached hydrogens (tertiary/aromatic N) is 2. The molecule has 1 amide bonds. The fourth-order valence-electron chi connectivity index (χ4n) is 3.97. The second-order valence-electron chi connectivity index (χ2n) is 7.79. The molecule has 0 radical (unpaired) electrons. The molecular weight excluding hydrogens is 370 g/mol. The summed E-state index contributed by atoms with van der Waals surface area (Å²) in [4.78, 5) is 28.6. The fraction of sp³-hybridized carbons (Fsp3) is 0.619. The van der Waals surface area contributed by atoms with E-state index in [4.69, 9.17) is 10.5 Å². The molecule has 3 rings (SSSR count). The van der Waals surface area contributed by atoms with Crippen LogP contribution < -0.4 is 21.3 Å². The molecule has 1 aromatic carbocycles. The molecule has 0 bridgehead atoms. The number of piperidine rings is 1. The summed E-state index contributed by atoms with van der Waals surface area (Å²) >= 11 is 0. The number of carbonyl (C=O) groups is 2. The molecule has 0 unspecified atom stereocenters. The number of benzene rings is 1. The highest BCUT2D eigenvalue weighted by Crippen LogP contribution is 2.27. The summed E-state index contributed by atoms with van der Waals surface area (Å²) in [5, 5.41) is 6.35. The van der Waals surface area contributed by atoms with Gasteiger partial charge in [0.2, 0.25) is 5.91 Å². The van der Waals surface area contributed by atoms with Gasteiger partial charge in [-0.3, -0.25) is 14.5 Å². The molecule has 0 aliphatic carbocycles. The van der Waals surface area contributed by atoms with E-state index in [1.165, 1.54) is 0 Å². The molecule has 8 nitrogen and oxygen atoms in total. The van der Waals surface area contributed by atoms with Crippen molar-refractivity contribution in [3.8, 4) is 0 Å². The lowest BCUT2D eigenvalue weighted by Gasteiger charge is -2.31. The van der Waals surface area contributed by atoms with Crippen molar-refractivity contribution in [2.24, 2.45) is 5.92 Å². The Hall–Kier alpha value is -2.32. The summed E-state index contributed by atoms with van der Waals surface area (Å²) in [6.07, 6.45) is 2.29. The average Bonchev–Trinajstić information content (AvgIpc) is 2.72. The first-order valence-electron chi connectivity index (χ1n) is 10.6. The lowest BCUT2D eigenvalue weighted by atomic mass is 9.93. The van der Waals surface area contributed by atoms with Crippen LogP contribution in [0.25, 0.3) is 0 Å². The number of anilines is 3. The predicted octanol–water partition coefficient (Wildman–Crippen LogP) is 1.28. The summed E-state index contributed by atoms with van der Waals surface area (Å²) in [6, 6.07) is 5.84. The maximum Gasteiger partial charge on any atom is 0.320 e. The molecule has 2 saturated heterocycles. The second-order valence-corrected chi connectivity index (χ2v) is 7.79. The van der Waals surface area contributed by atoms with Gasteiger partial charge in [-0.05, 0) is 57.0 Å². The van der Waals surface area contributed by atoms with Gasteiger partial charge in [0.1, 0.15) is 0 Å². The maximum atomic E-state index is 12.6. The molecule has 0 atom stereocenters. The van der Waals surface area contributed by atoms with E-state index < -0.39 is 0 Å². The lowest BCUT2D eigenvalue weighted by molar-refractivity contribution is -0.144. The Morgan fingerprint density at radius 3 is 2.62 bits per heavy atom. The molecule has 2 aliphatic heterocycles. The molecule has 8 heteroatoms. The third-order valence-corrected chi connectivity index (χ3v) is 5.63. The Kier molecular flexibility index (Phi) is 7.71. The SMILES string of the molecule is CCOC(=O)CN1CCC(CC(=O)Nc2cc(N3CCNCC3)ccc2N)CC1. The minimum atomic E-state index is -0.177. The predicted molar refractivity (Wildman–Crippen MR) is 115 cm³/mol. The van der Waals surface area contributed by atoms with E-state index in [1.807, 2.05) is 25.1 Å². The largest absolute Gasteiger partial charge is 0.465 e. The maximum absolute atomic E-state index is 12.6. The van der Waals surface area contributed by atoms with Crippen LogP contribution in [0.4, 0.5) is 17.1 Å². The second kappa shape index (κ2) is 10.5. The summed E-state index contributed by atoms with van der Waals surface area (Å²) in [5.74, 6) is 0.146. The number of hydrogen-bond donors (Lipinski definition) is 3. The van der Waals surface area contributed by atoms with E-state index in [9.17, 15) is 9.59 Å². The normalized spacial score (nSPS) is 18.4. The van der Waals surface area contributed by atoms with Crippen molar-refractivity contribution >= 4 is 28.9 Å². The molecular formula is C21H33N5O3. The van der Waals surface area contributed by atoms with Gasteiger partial charge in [-0.25, -0.2) is 0 Å². The van der Waals surface area contributed by atoms with E-state index >= 15 is 0 Å². The molecule has 0 saturated carbocycles. The van der Waals surface area contributed by atoms with Crippen molar-refractivity contribution in [1.29, 1.82) is 0 Å². The van der Waals surface area contributed by atoms with E-state index in [0.29, 0.717) is 36.9 Å². The van der Waals surface area contributed by atoms with Crippen molar-refractivity contribution in [2.75, 3.05) is 68.4 Å². The van der Waals surface area contributed by atoms with Crippen LogP contribution in [0.3, 0.4) is 0 Å². The highest BCUT2D eigenvalue weighted by atomic mass is 16.5. The minimum absolute atomic E-state index is 0.00185. The Morgan fingerprint density at radius 2 is 1.93 bits per heavy atom. The standard InChI is InChI=1S/C21H33N5O3/c1-2-29-21(28)15-25-9-5-16(6-10-25)13-20(27)24-19-14-17(3-4-18(19)22)26-11-7-23-8-12-26/h3-4,14,16,23H,2,5-13,15,22H2,1H3,(H,24,27). The number of carbonyl (C=O) groups excluding carboxylic acids is 2. The van der Waals surface area contributed by atoms with Gasteiger partial charge in [-0.15, -0.1) is 0 Å². The van der Waals surface area contributed by atoms with Crippen LogP contribution in [0.1, 0.15) is 26.2 Å². The summed E-state index contributed by atoms with van der Waals surface area (Å²) in [7, 11) is 0. The molecule has 2 aliphatic rings. The molecule has 0 spiro atoms. The van der Waals surface area contributed by atoms with Crippen LogP contribution in [-0.4, -0.2) is 69.2 Å². The van der Waals surface area contributed by atoms with E-state index in [2.05, 4.69) is 20.4 Å². The Balaban J connectivity index is 1.48. The van der Waals surface area contributed by atoms with Crippen LogP contribution in [0.15, 0.2) is 18.2 Å². The van der Waals surface area contributed by atoms with Gasteiger partial charge in [0.15, 0.2) is 0 Å². The average molecular weight is 404 g/mol. The first kappa shape index (κ1) is 21.4. The zero-order chi connectivity index (χ0) is 20.6. The number of hydrogen-bond acceptors (Lipinski definition) is 7. The Labute approximate surface area is 172 Å². The van der Waals surface area contributed by atoms with Crippen LogP contribution in [0.2, 0.25) is 0 Å². The number of nitrogen functional groups attached to an aromatic ring is 1. The number of nitrogens with one attached hydrogen (secondary N) is 2. The van der Waals surface area contributed by atoms with Crippen molar-refractivity contribution in [1.82, 2.24) is 10.2 Å². The van der Waals surface area contributed by atoms with Gasteiger partial charge in [0, 0.05) is 38.3 Å². The number of amides is 1. The van der Waals surface area contributed by atoms with Crippen molar-refractivity contribution in [3.05, 3.63) is 18.2 Å². The molecule has 1 aromatic rings. The van der Waals surface area contributed by atoms with Gasteiger partial charge in [-0.1, -0.05) is 0 Å². The van der Waals surface area contributed by atoms with Crippen LogP contribution >= 0.6 is 0 Å². The Morgan fingerprint density at radius 1 is 1.21 bits per heavy atom. The first-order valence-corrected chi connectivity index (χ1v) is 10.6. The monoisotopic (exact) mass is 403 g/mol. The molecule has 0 aromatic heterocycles. The third kappa shape index (κ3) is 6.33. The Bertz CT molecular complexity index is 698. The zero-order valence-electron chi connectivity index (χ0n) is 17.3. The highest BCUT2D eigenvalue weighted by molar-refractivity contribution is 5.94. The fourth-order valence-corrected chi connectivity index (χ4v) is 3.97. The zero-order valence-corrected chi connectivity index (χ0v) is 17.3. The number of rotatable bonds is 7. The van der Waals surface area contributed by atoms with Crippen LogP contribution in [-0.2, 0) is 14.3 Å². The smallest absolute Gasteiger partial charge is 0.320 e. The van der Waals surface area contributed by atoms with E-state index in [1.54, 1.807) is 0 Å². The number of esters is 1. The summed E-state index contributed by atoms with van der Waals surface area (Å²) in [5.41, 5.74) is 8.45. The third-order valence-electron chi connectivity index (χ3n) is 5.63. The molecule has 29 heavy (non-hydrogen) atoms. The van der Waals surface area contributed by atoms with Gasteiger partial charge >= 0.3 is 5.97 Å². The van der Waals surface area contributed by atoms with Gasteiger partial charge in [0.25, 0.3) is 0 Å². The van der Waals surface area contributed by atoms with Crippen LogP contribution in [0.5, 0.6) is 0 Å². The molecule has 4 N–H and O–H groups in total. The number of nitrogens with two attached hydrogens (primary N) is 1. The molecule has 160 valence electrons. The first-order chi connectivity index (χ1) is 14.0. The van der Waals surface area contributed by atoms with Gasteiger partial charge in [-0.2, -0.15) is 0 Å². The number of ether oxygens (including phenoxy) is 1. The van der Waals surface area contributed by atoms with E-state index in [-0.39, 0.29) is 11.9 Å². The lowest BCUT2D eigenvalue weighted by Crippen LogP contribution is -2.43. The number of likely N-dealkylation sites (tertiary alicyclic amines) is 1. The highest BCUT2D eigenvalue weighted by Gasteiger charge is 2.23. The van der Waals surface area contributed by atoms with Gasteiger partial charge in [0.05, 0.1) is 24.5 Å². The topological polar surface area (TPSA) is 99.9 Å². The number of piperazine rings is 1. The van der Waals surface area contributed by atoms with Crippen LogP contribution in [0, 0.1) is 5.92 Å². The minimum Gasteiger partial charge on any atom is -0.465 e.